The van der Waals surface area contributed by atoms with Gasteiger partial charge in [-0.1, -0.05) is 0 Å². The molecule has 3 heterocycles. The largest absolute Gasteiger partial charge is 0.466 e. The van der Waals surface area contributed by atoms with Gasteiger partial charge in [-0.25, -0.2) is 0 Å². The molecule has 3 aromatic heterocycles. The third kappa shape index (κ3) is 3.15. The first-order valence-electron chi connectivity index (χ1n) is 7.32. The fourth-order valence-electron chi connectivity index (χ4n) is 2.52. The monoisotopic (exact) mass is 310 g/mol. The molecule has 3 rings (SSSR count). The summed E-state index contributed by atoms with van der Waals surface area (Å²) in [6.07, 6.45) is 5.27. The van der Waals surface area contributed by atoms with Gasteiger partial charge < -0.3 is 9.73 Å². The van der Waals surface area contributed by atoms with E-state index in [-0.39, 0.29) is 5.91 Å². The van der Waals surface area contributed by atoms with Crippen molar-refractivity contribution >= 4 is 5.91 Å². The van der Waals surface area contributed by atoms with E-state index in [9.17, 15) is 4.79 Å². The molecule has 3 aromatic rings. The van der Waals surface area contributed by atoms with Crippen molar-refractivity contribution in [2.45, 2.75) is 20.4 Å². The number of rotatable bonds is 4. The van der Waals surface area contributed by atoms with E-state index in [1.165, 1.54) is 0 Å². The van der Waals surface area contributed by atoms with Crippen molar-refractivity contribution in [3.63, 3.8) is 0 Å². The highest BCUT2D eigenvalue weighted by Crippen LogP contribution is 2.18. The van der Waals surface area contributed by atoms with Crippen LogP contribution in [0.2, 0.25) is 0 Å². The third-order valence-corrected chi connectivity index (χ3v) is 3.65. The van der Waals surface area contributed by atoms with E-state index in [1.807, 2.05) is 26.1 Å². The van der Waals surface area contributed by atoms with Crippen molar-refractivity contribution in [3.05, 3.63) is 59.4 Å². The molecule has 0 aromatic carbocycles. The van der Waals surface area contributed by atoms with Crippen LogP contribution in [0.4, 0.5) is 0 Å². The van der Waals surface area contributed by atoms with Crippen LogP contribution in [0, 0.1) is 13.8 Å². The fraction of sp³-hybridized carbons (Fsp3) is 0.235. The number of hydrogen-bond acceptors (Lipinski definition) is 4. The number of aromatic nitrogens is 3. The van der Waals surface area contributed by atoms with Crippen LogP contribution in [-0.2, 0) is 13.6 Å². The first-order chi connectivity index (χ1) is 11.0. The lowest BCUT2D eigenvalue weighted by atomic mass is 10.1. The molecule has 0 aliphatic carbocycles. The molecule has 0 radical (unpaired) electrons. The minimum absolute atomic E-state index is 0.148. The number of nitrogens with one attached hydrogen (secondary N) is 1. The number of aryl methyl sites for hydroxylation is 3. The average molecular weight is 310 g/mol. The van der Waals surface area contributed by atoms with Gasteiger partial charge in [-0.15, -0.1) is 0 Å². The van der Waals surface area contributed by atoms with Gasteiger partial charge in [0.15, 0.2) is 0 Å². The van der Waals surface area contributed by atoms with Crippen LogP contribution in [0.15, 0.2) is 41.2 Å². The van der Waals surface area contributed by atoms with Gasteiger partial charge in [-0.3, -0.25) is 14.5 Å². The molecule has 0 unspecified atom stereocenters. The minimum Gasteiger partial charge on any atom is -0.466 e. The minimum atomic E-state index is -0.148. The van der Waals surface area contributed by atoms with E-state index in [0.717, 1.165) is 22.6 Å². The lowest BCUT2D eigenvalue weighted by Crippen LogP contribution is -2.23. The molecule has 0 atom stereocenters. The van der Waals surface area contributed by atoms with Crippen LogP contribution in [0.5, 0.6) is 0 Å². The molecule has 0 aliphatic heterocycles. The Balaban J connectivity index is 1.73. The second-order valence-electron chi connectivity index (χ2n) is 5.43. The van der Waals surface area contributed by atoms with E-state index >= 15 is 0 Å². The van der Waals surface area contributed by atoms with Crippen molar-refractivity contribution in [3.8, 4) is 11.3 Å². The topological polar surface area (TPSA) is 73.0 Å². The second kappa shape index (κ2) is 6.08. The van der Waals surface area contributed by atoms with E-state index in [0.29, 0.717) is 17.9 Å². The van der Waals surface area contributed by atoms with Crippen LogP contribution in [-0.4, -0.2) is 20.7 Å². The second-order valence-corrected chi connectivity index (χ2v) is 5.43. The van der Waals surface area contributed by atoms with Crippen molar-refractivity contribution in [2.24, 2.45) is 7.05 Å². The van der Waals surface area contributed by atoms with Crippen LogP contribution in [0.25, 0.3) is 11.3 Å². The molecule has 0 fully saturated rings. The van der Waals surface area contributed by atoms with E-state index in [2.05, 4.69) is 15.4 Å². The molecular formula is C17H18N4O2. The molecule has 0 spiro atoms. The highest BCUT2D eigenvalue weighted by molar-refractivity contribution is 5.95. The third-order valence-electron chi connectivity index (χ3n) is 3.65. The van der Waals surface area contributed by atoms with Crippen molar-refractivity contribution in [1.82, 2.24) is 20.1 Å². The summed E-state index contributed by atoms with van der Waals surface area (Å²) >= 11 is 0. The van der Waals surface area contributed by atoms with Crippen LogP contribution in [0.3, 0.4) is 0 Å². The zero-order valence-corrected chi connectivity index (χ0v) is 13.3. The van der Waals surface area contributed by atoms with Gasteiger partial charge in [0.25, 0.3) is 5.91 Å². The van der Waals surface area contributed by atoms with Crippen molar-refractivity contribution in [1.29, 1.82) is 0 Å². The average Bonchev–Trinajstić information content (AvgIpc) is 3.10. The summed E-state index contributed by atoms with van der Waals surface area (Å²) in [5, 5.41) is 7.05. The van der Waals surface area contributed by atoms with Gasteiger partial charge in [0.2, 0.25) is 0 Å². The van der Waals surface area contributed by atoms with Gasteiger partial charge in [0.05, 0.1) is 11.3 Å². The molecule has 0 saturated carbocycles. The number of pyridine rings is 1. The first-order valence-corrected chi connectivity index (χ1v) is 7.32. The Kier molecular flexibility index (Phi) is 3.97. The van der Waals surface area contributed by atoms with Gasteiger partial charge in [0.1, 0.15) is 11.5 Å². The summed E-state index contributed by atoms with van der Waals surface area (Å²) in [5.41, 5.74) is 3.44. The summed E-state index contributed by atoms with van der Waals surface area (Å²) in [6, 6.07) is 5.67. The SMILES string of the molecule is Cc1cc(C(=O)NCc2cncc(-c3ccnn3C)c2)c(C)o1. The Hall–Kier alpha value is -2.89. The maximum atomic E-state index is 12.2. The predicted molar refractivity (Wildman–Crippen MR) is 85.8 cm³/mol. The van der Waals surface area contributed by atoms with Crippen LogP contribution < -0.4 is 5.32 Å². The molecule has 0 saturated heterocycles. The van der Waals surface area contributed by atoms with Crippen molar-refractivity contribution in [2.75, 3.05) is 0 Å². The maximum Gasteiger partial charge on any atom is 0.255 e. The highest BCUT2D eigenvalue weighted by Gasteiger charge is 2.13. The molecule has 1 amide bonds. The van der Waals surface area contributed by atoms with Crippen molar-refractivity contribution < 1.29 is 9.21 Å². The van der Waals surface area contributed by atoms with Gasteiger partial charge >= 0.3 is 0 Å². The van der Waals surface area contributed by atoms with E-state index < -0.39 is 0 Å². The molecular weight excluding hydrogens is 292 g/mol. The number of amides is 1. The highest BCUT2D eigenvalue weighted by atomic mass is 16.3. The quantitative estimate of drug-likeness (QED) is 0.804. The molecule has 0 bridgehead atoms. The molecule has 6 heteroatoms. The molecule has 118 valence electrons. The van der Waals surface area contributed by atoms with E-state index in [4.69, 9.17) is 4.42 Å². The first kappa shape index (κ1) is 15.0. The normalized spacial score (nSPS) is 10.7. The zero-order chi connectivity index (χ0) is 16.4. The fourth-order valence-corrected chi connectivity index (χ4v) is 2.52. The smallest absolute Gasteiger partial charge is 0.255 e. The van der Waals surface area contributed by atoms with Crippen LogP contribution in [0.1, 0.15) is 27.4 Å². The predicted octanol–water partition coefficient (Wildman–Crippen LogP) is 2.62. The Morgan fingerprint density at radius 2 is 2.13 bits per heavy atom. The molecule has 23 heavy (non-hydrogen) atoms. The summed E-state index contributed by atoms with van der Waals surface area (Å²) in [7, 11) is 1.88. The Labute approximate surface area is 134 Å². The zero-order valence-electron chi connectivity index (χ0n) is 13.3. The molecule has 0 aliphatic rings. The Morgan fingerprint density at radius 3 is 2.78 bits per heavy atom. The summed E-state index contributed by atoms with van der Waals surface area (Å²) in [4.78, 5) is 16.5. The Morgan fingerprint density at radius 1 is 1.30 bits per heavy atom. The van der Waals surface area contributed by atoms with Gasteiger partial charge in [-0.05, 0) is 37.6 Å². The summed E-state index contributed by atoms with van der Waals surface area (Å²) < 4.78 is 7.17. The lowest BCUT2D eigenvalue weighted by molar-refractivity contribution is 0.0949. The standard InChI is InChI=1S/C17H18N4O2/c1-11-6-15(12(2)23-11)17(22)19-9-13-7-14(10-18-8-13)16-4-5-20-21(16)3/h4-8,10H,9H2,1-3H3,(H,19,22). The maximum absolute atomic E-state index is 12.2. The number of nitrogens with zero attached hydrogens (tertiary/aromatic N) is 3. The number of hydrogen-bond donors (Lipinski definition) is 1. The lowest BCUT2D eigenvalue weighted by Gasteiger charge is -2.07. The number of furan rings is 1. The molecule has 6 nitrogen and oxygen atoms in total. The molecule has 1 N–H and O–H groups in total. The van der Waals surface area contributed by atoms with Gasteiger partial charge in [-0.2, -0.15) is 5.10 Å². The van der Waals surface area contributed by atoms with E-state index in [1.54, 1.807) is 36.3 Å². The number of carbonyl (C=O) groups is 1. The Bertz CT molecular complexity index is 848. The number of carbonyl (C=O) groups excluding carboxylic acids is 1. The summed E-state index contributed by atoms with van der Waals surface area (Å²) in [5.74, 6) is 1.21. The van der Waals surface area contributed by atoms with Gasteiger partial charge in [0, 0.05) is 37.7 Å². The summed E-state index contributed by atoms with van der Waals surface area (Å²) in [6.45, 7) is 4.01. The van der Waals surface area contributed by atoms with Crippen LogP contribution >= 0.6 is 0 Å².